The van der Waals surface area contributed by atoms with Crippen molar-refractivity contribution in [3.05, 3.63) is 68.2 Å². The third kappa shape index (κ3) is 3.04. The third-order valence-electron chi connectivity index (χ3n) is 2.98. The van der Waals surface area contributed by atoms with Crippen LogP contribution in [0.2, 0.25) is 15.1 Å². The summed E-state index contributed by atoms with van der Waals surface area (Å²) in [4.78, 5) is 0. The second kappa shape index (κ2) is 6.12. The lowest BCUT2D eigenvalue weighted by Gasteiger charge is -2.19. The summed E-state index contributed by atoms with van der Waals surface area (Å²) in [5, 5.41) is 1.69. The van der Waals surface area contributed by atoms with Crippen LogP contribution in [-0.4, -0.2) is 0 Å². The van der Waals surface area contributed by atoms with Crippen molar-refractivity contribution in [2.45, 2.75) is 13.0 Å². The zero-order valence-electron chi connectivity index (χ0n) is 10.3. The van der Waals surface area contributed by atoms with Gasteiger partial charge in [-0.2, -0.15) is 0 Å². The van der Waals surface area contributed by atoms with Crippen LogP contribution in [0.3, 0.4) is 0 Å². The highest BCUT2D eigenvalue weighted by Gasteiger charge is 2.17. The van der Waals surface area contributed by atoms with Crippen molar-refractivity contribution >= 4 is 34.8 Å². The molecule has 5 heteroatoms. The van der Waals surface area contributed by atoms with Crippen LogP contribution in [0.25, 0.3) is 0 Å². The first kappa shape index (κ1) is 14.6. The molecule has 2 aromatic carbocycles. The number of hydrogen-bond acceptors (Lipinski definition) is 2. The van der Waals surface area contributed by atoms with Gasteiger partial charge in [-0.15, -0.1) is 0 Å². The second-order valence-corrected chi connectivity index (χ2v) is 5.44. The summed E-state index contributed by atoms with van der Waals surface area (Å²) in [6.45, 7) is 1.95. The van der Waals surface area contributed by atoms with Crippen molar-refractivity contribution in [1.82, 2.24) is 5.43 Å². The Labute approximate surface area is 127 Å². The molecule has 0 amide bonds. The van der Waals surface area contributed by atoms with Gasteiger partial charge in [0.25, 0.3) is 0 Å². The number of hydrazine groups is 1. The summed E-state index contributed by atoms with van der Waals surface area (Å²) in [6.07, 6.45) is 0. The molecule has 19 heavy (non-hydrogen) atoms. The van der Waals surface area contributed by atoms with Gasteiger partial charge in [0.15, 0.2) is 0 Å². The van der Waals surface area contributed by atoms with E-state index in [9.17, 15) is 0 Å². The fraction of sp³-hybridized carbons (Fsp3) is 0.143. The van der Waals surface area contributed by atoms with Crippen molar-refractivity contribution in [3.8, 4) is 0 Å². The molecule has 0 heterocycles. The first-order valence-corrected chi connectivity index (χ1v) is 6.84. The topological polar surface area (TPSA) is 38.0 Å². The van der Waals surface area contributed by atoms with E-state index in [2.05, 4.69) is 5.43 Å². The predicted octanol–water partition coefficient (Wildman–Crippen LogP) is 4.51. The van der Waals surface area contributed by atoms with Gasteiger partial charge in [0.2, 0.25) is 0 Å². The van der Waals surface area contributed by atoms with E-state index in [1.54, 1.807) is 12.1 Å². The Balaban J connectivity index is 2.50. The maximum atomic E-state index is 6.33. The molecule has 3 N–H and O–H groups in total. The molecule has 2 rings (SSSR count). The minimum Gasteiger partial charge on any atom is -0.271 e. The van der Waals surface area contributed by atoms with Gasteiger partial charge < -0.3 is 0 Å². The highest BCUT2D eigenvalue weighted by molar-refractivity contribution is 6.42. The quantitative estimate of drug-likeness (QED) is 0.646. The zero-order valence-corrected chi connectivity index (χ0v) is 12.5. The van der Waals surface area contributed by atoms with Crippen LogP contribution < -0.4 is 11.3 Å². The lowest BCUT2D eigenvalue weighted by Crippen LogP contribution is -2.29. The SMILES string of the molecule is Cc1cccc(C(NN)c2ccc(Cl)c(Cl)c2)c1Cl. The highest BCUT2D eigenvalue weighted by Crippen LogP contribution is 2.32. The van der Waals surface area contributed by atoms with E-state index in [0.717, 1.165) is 16.7 Å². The molecule has 0 saturated carbocycles. The van der Waals surface area contributed by atoms with Crippen LogP contribution in [0.5, 0.6) is 0 Å². The molecule has 0 aliphatic carbocycles. The molecule has 1 unspecified atom stereocenters. The number of aryl methyl sites for hydroxylation is 1. The molecule has 0 spiro atoms. The Kier molecular flexibility index (Phi) is 4.71. The summed E-state index contributed by atoms with van der Waals surface area (Å²) >= 11 is 18.3. The number of benzene rings is 2. The fourth-order valence-electron chi connectivity index (χ4n) is 1.95. The van der Waals surface area contributed by atoms with Crippen molar-refractivity contribution in [3.63, 3.8) is 0 Å². The lowest BCUT2D eigenvalue weighted by molar-refractivity contribution is 0.637. The largest absolute Gasteiger partial charge is 0.271 e. The minimum absolute atomic E-state index is 0.234. The first-order chi connectivity index (χ1) is 9.04. The summed E-state index contributed by atoms with van der Waals surface area (Å²) < 4.78 is 0. The molecule has 0 fully saturated rings. The van der Waals surface area contributed by atoms with Crippen molar-refractivity contribution in [2.24, 2.45) is 5.84 Å². The Bertz CT molecular complexity index is 599. The van der Waals surface area contributed by atoms with Gasteiger partial charge in [-0.25, -0.2) is 5.43 Å². The zero-order chi connectivity index (χ0) is 14.0. The molecular weight excluding hydrogens is 303 g/mol. The molecule has 0 saturated heterocycles. The van der Waals surface area contributed by atoms with Gasteiger partial charge in [0.05, 0.1) is 16.1 Å². The lowest BCUT2D eigenvalue weighted by atomic mass is 9.98. The Morgan fingerprint density at radius 3 is 2.42 bits per heavy atom. The average molecular weight is 316 g/mol. The number of halogens is 3. The van der Waals surface area contributed by atoms with E-state index < -0.39 is 0 Å². The van der Waals surface area contributed by atoms with Gasteiger partial charge in [-0.3, -0.25) is 5.84 Å². The van der Waals surface area contributed by atoms with Gasteiger partial charge >= 0.3 is 0 Å². The van der Waals surface area contributed by atoms with E-state index in [0.29, 0.717) is 15.1 Å². The molecule has 1 atom stereocenters. The summed E-state index contributed by atoms with van der Waals surface area (Å²) in [7, 11) is 0. The van der Waals surface area contributed by atoms with E-state index in [4.69, 9.17) is 40.6 Å². The van der Waals surface area contributed by atoms with E-state index in [1.165, 1.54) is 0 Å². The minimum atomic E-state index is -0.234. The van der Waals surface area contributed by atoms with Gasteiger partial charge in [-0.05, 0) is 35.7 Å². The van der Waals surface area contributed by atoms with E-state index in [-0.39, 0.29) is 6.04 Å². The Hall–Kier alpha value is -0.770. The van der Waals surface area contributed by atoms with Crippen LogP contribution in [0.15, 0.2) is 36.4 Å². The van der Waals surface area contributed by atoms with E-state index >= 15 is 0 Å². The number of nitrogens with two attached hydrogens (primary N) is 1. The average Bonchev–Trinajstić information content (AvgIpc) is 2.39. The molecule has 2 nitrogen and oxygen atoms in total. The number of rotatable bonds is 3. The highest BCUT2D eigenvalue weighted by atomic mass is 35.5. The number of hydrogen-bond donors (Lipinski definition) is 2. The normalized spacial score (nSPS) is 12.5. The van der Waals surface area contributed by atoms with Gasteiger partial charge in [0, 0.05) is 5.02 Å². The van der Waals surface area contributed by atoms with Crippen molar-refractivity contribution < 1.29 is 0 Å². The summed E-state index contributed by atoms with van der Waals surface area (Å²) in [5.74, 6) is 5.66. The molecule has 0 bridgehead atoms. The molecule has 100 valence electrons. The van der Waals surface area contributed by atoms with Crippen LogP contribution in [0.4, 0.5) is 0 Å². The van der Waals surface area contributed by atoms with Crippen LogP contribution in [0.1, 0.15) is 22.7 Å². The van der Waals surface area contributed by atoms with Crippen LogP contribution in [0, 0.1) is 6.92 Å². The molecule has 0 aliphatic heterocycles. The molecule has 0 radical (unpaired) electrons. The van der Waals surface area contributed by atoms with Crippen LogP contribution >= 0.6 is 34.8 Å². The molecule has 0 aliphatic rings. The summed E-state index contributed by atoms with van der Waals surface area (Å²) in [5.41, 5.74) is 5.57. The van der Waals surface area contributed by atoms with Crippen molar-refractivity contribution in [1.29, 1.82) is 0 Å². The molecule has 0 aromatic heterocycles. The van der Waals surface area contributed by atoms with Crippen molar-refractivity contribution in [2.75, 3.05) is 0 Å². The second-order valence-electron chi connectivity index (χ2n) is 4.25. The maximum Gasteiger partial charge on any atom is 0.0725 e. The Morgan fingerprint density at radius 2 is 1.79 bits per heavy atom. The smallest absolute Gasteiger partial charge is 0.0725 e. The monoisotopic (exact) mass is 314 g/mol. The summed E-state index contributed by atoms with van der Waals surface area (Å²) in [6, 6.07) is 11.0. The predicted molar refractivity (Wildman–Crippen MR) is 81.8 cm³/mol. The molecular formula is C14H13Cl3N2. The standard InChI is InChI=1S/C14H13Cl3N2/c1-8-3-2-4-10(13(8)17)14(19-18)9-5-6-11(15)12(16)7-9/h2-7,14,19H,18H2,1H3. The van der Waals surface area contributed by atoms with Gasteiger partial charge in [0.1, 0.15) is 0 Å². The maximum absolute atomic E-state index is 6.33. The fourth-order valence-corrected chi connectivity index (χ4v) is 2.49. The van der Waals surface area contributed by atoms with E-state index in [1.807, 2.05) is 31.2 Å². The number of nitrogens with one attached hydrogen (secondary N) is 1. The van der Waals surface area contributed by atoms with Gasteiger partial charge in [-0.1, -0.05) is 59.1 Å². The Morgan fingerprint density at radius 1 is 1.05 bits per heavy atom. The third-order valence-corrected chi connectivity index (χ3v) is 4.23. The molecule has 2 aromatic rings. The first-order valence-electron chi connectivity index (χ1n) is 5.70. The van der Waals surface area contributed by atoms with Crippen LogP contribution in [-0.2, 0) is 0 Å².